The van der Waals surface area contributed by atoms with Gasteiger partial charge in [-0.25, -0.2) is 13.6 Å². The summed E-state index contributed by atoms with van der Waals surface area (Å²) in [5, 5.41) is 64.8. The van der Waals surface area contributed by atoms with E-state index in [9.17, 15) is 68.6 Å². The molecular weight excluding hydrogens is 929 g/mol. The largest absolute Gasteiger partial charge is 0.478 e. The quantitative estimate of drug-likeness (QED) is 0.0342. The Morgan fingerprint density at radius 3 is 1.34 bits per heavy atom. The van der Waals surface area contributed by atoms with E-state index < -0.39 is 58.7 Å². The third-order valence-corrected chi connectivity index (χ3v) is 11.6. The lowest BCUT2D eigenvalue weighted by atomic mass is 9.95. The summed E-state index contributed by atoms with van der Waals surface area (Å²) >= 11 is 0. The number of benzene rings is 6. The van der Waals surface area contributed by atoms with E-state index in [0.717, 1.165) is 0 Å². The van der Waals surface area contributed by atoms with Gasteiger partial charge in [0.2, 0.25) is 0 Å². The molecule has 0 spiro atoms. The van der Waals surface area contributed by atoms with Gasteiger partial charge in [-0.1, -0.05) is 38.1 Å². The van der Waals surface area contributed by atoms with Gasteiger partial charge in [-0.2, -0.15) is 0 Å². The number of nitro benzene ring substituents is 2. The van der Waals surface area contributed by atoms with Crippen LogP contribution in [0.1, 0.15) is 68.1 Å². The van der Waals surface area contributed by atoms with E-state index in [1.54, 1.807) is 26.0 Å². The number of aliphatic hydroxyl groups is 3. The van der Waals surface area contributed by atoms with Crippen LogP contribution in [0, 0.1) is 31.9 Å². The maximum Gasteiger partial charge on any atom is 0.335 e. The van der Waals surface area contributed by atoms with Crippen molar-refractivity contribution in [3.8, 4) is 44.9 Å². The number of nitro groups is 2. The highest BCUT2D eigenvalue weighted by Gasteiger charge is 2.32. The number of fused-ring (bicyclic) bond motifs is 2. The van der Waals surface area contributed by atoms with Crippen molar-refractivity contribution >= 4 is 56.8 Å². The zero-order chi connectivity index (χ0) is 51.3. The van der Waals surface area contributed by atoms with E-state index in [4.69, 9.17) is 8.83 Å². The van der Waals surface area contributed by atoms with Crippen LogP contribution in [-0.4, -0.2) is 79.1 Å². The monoisotopic (exact) mass is 969 g/mol. The molecule has 71 heavy (non-hydrogen) atoms. The van der Waals surface area contributed by atoms with Crippen LogP contribution in [0.2, 0.25) is 0 Å². The van der Waals surface area contributed by atoms with Gasteiger partial charge in [0.15, 0.2) is 11.6 Å². The Morgan fingerprint density at radius 2 is 0.972 bits per heavy atom. The highest BCUT2D eigenvalue weighted by Crippen LogP contribution is 2.43. The van der Waals surface area contributed by atoms with E-state index in [1.165, 1.54) is 109 Å². The van der Waals surface area contributed by atoms with Gasteiger partial charge in [-0.3, -0.25) is 34.6 Å². The molecule has 0 saturated carbocycles. The number of nitrogens with one attached hydrogen (secondary N) is 1. The number of carbonyl (C=O) groups excluding carboxylic acids is 3. The molecule has 0 unspecified atom stereocenters. The zero-order valence-electron chi connectivity index (χ0n) is 37.6. The number of carbonyl (C=O) groups is 4. The Morgan fingerprint density at radius 1 is 0.577 bits per heavy atom. The van der Waals surface area contributed by atoms with E-state index in [-0.39, 0.29) is 97.4 Å². The second kappa shape index (κ2) is 20.8. The smallest absolute Gasteiger partial charge is 0.335 e. The first kappa shape index (κ1) is 50.1. The lowest BCUT2D eigenvalue weighted by Crippen LogP contribution is -2.57. The Labute approximate surface area is 400 Å². The van der Waals surface area contributed by atoms with Crippen molar-refractivity contribution in [2.75, 3.05) is 19.8 Å². The summed E-state index contributed by atoms with van der Waals surface area (Å²) in [5.41, 5.74) is 0.106. The van der Waals surface area contributed by atoms with E-state index in [2.05, 4.69) is 5.32 Å². The molecule has 0 atom stereocenters. The summed E-state index contributed by atoms with van der Waals surface area (Å²) in [6.07, 6.45) is 0.275. The molecule has 362 valence electrons. The molecule has 0 radical (unpaired) electrons. The fourth-order valence-electron chi connectivity index (χ4n) is 7.77. The van der Waals surface area contributed by atoms with Crippen LogP contribution in [0.15, 0.2) is 130 Å². The van der Waals surface area contributed by atoms with Gasteiger partial charge in [-0.05, 0) is 96.1 Å². The average molecular weight is 970 g/mol. The molecule has 1 amide bonds. The SMILES string of the molecule is CCC(=O)c1c(-c2ccc(F)cc2)oc2cc([N+](=O)[O-])c(-c3cccc(C(=O)NC(CO)(CO)CO)c3)cc12.CCC(=O)c1c(-c2ccc(F)cc2)oc2cc([N+](=O)[O-])c(-c3cccc(C(=O)O)c3)cc12. The van der Waals surface area contributed by atoms with Crippen molar-refractivity contribution in [2.45, 2.75) is 32.2 Å². The number of Topliss-reactive ketones (excluding diaryl/α,β-unsaturated/α-hetero) is 2. The first-order valence-electron chi connectivity index (χ1n) is 21.6. The first-order valence-corrected chi connectivity index (χ1v) is 21.6. The summed E-state index contributed by atoms with van der Waals surface area (Å²) in [5.74, 6) is -3.02. The lowest BCUT2D eigenvalue weighted by Gasteiger charge is -2.28. The van der Waals surface area contributed by atoms with Crippen LogP contribution in [0.25, 0.3) is 66.8 Å². The number of carboxylic acids is 1. The van der Waals surface area contributed by atoms with Crippen LogP contribution in [0.3, 0.4) is 0 Å². The van der Waals surface area contributed by atoms with Gasteiger partial charge in [0, 0.05) is 40.3 Å². The number of aromatic carboxylic acids is 1. The number of rotatable bonds is 16. The molecule has 0 aliphatic carbocycles. The summed E-state index contributed by atoms with van der Waals surface area (Å²) in [4.78, 5) is 72.6. The number of amides is 1. The molecular formula is C52H41F2N3O14. The topological polar surface area (TPSA) is 274 Å². The Bertz CT molecular complexity index is 3390. The van der Waals surface area contributed by atoms with Crippen LogP contribution in [0.5, 0.6) is 0 Å². The summed E-state index contributed by atoms with van der Waals surface area (Å²) in [6.45, 7) is 1.17. The molecule has 17 nitrogen and oxygen atoms in total. The third kappa shape index (κ3) is 10.2. The Hall–Kier alpha value is -8.78. The van der Waals surface area contributed by atoms with E-state index in [1.807, 2.05) is 0 Å². The van der Waals surface area contributed by atoms with Crippen LogP contribution < -0.4 is 5.32 Å². The van der Waals surface area contributed by atoms with Crippen molar-refractivity contribution < 1.29 is 67.1 Å². The van der Waals surface area contributed by atoms with Crippen molar-refractivity contribution in [3.05, 3.63) is 175 Å². The van der Waals surface area contributed by atoms with Crippen LogP contribution in [-0.2, 0) is 0 Å². The minimum atomic E-state index is -1.67. The predicted octanol–water partition coefficient (Wildman–Crippen LogP) is 9.96. The molecule has 2 heterocycles. The number of nitrogens with zero attached hydrogens (tertiary/aromatic N) is 2. The molecule has 0 fully saturated rings. The summed E-state index contributed by atoms with van der Waals surface area (Å²) in [7, 11) is 0. The number of halogens is 2. The maximum atomic E-state index is 13.5. The maximum absolute atomic E-state index is 13.5. The van der Waals surface area contributed by atoms with Crippen LogP contribution >= 0.6 is 0 Å². The Balaban J connectivity index is 0.000000213. The number of aliphatic hydroxyl groups excluding tert-OH is 3. The number of hydrogen-bond donors (Lipinski definition) is 5. The highest BCUT2D eigenvalue weighted by molar-refractivity contribution is 6.14. The van der Waals surface area contributed by atoms with Crippen molar-refractivity contribution in [2.24, 2.45) is 0 Å². The molecule has 19 heteroatoms. The van der Waals surface area contributed by atoms with Gasteiger partial charge >= 0.3 is 5.97 Å². The van der Waals surface area contributed by atoms with Gasteiger partial charge in [0.1, 0.15) is 39.9 Å². The zero-order valence-corrected chi connectivity index (χ0v) is 37.6. The van der Waals surface area contributed by atoms with Crippen molar-refractivity contribution in [1.29, 1.82) is 0 Å². The third-order valence-electron chi connectivity index (χ3n) is 11.6. The molecule has 0 saturated heterocycles. The predicted molar refractivity (Wildman–Crippen MR) is 255 cm³/mol. The van der Waals surface area contributed by atoms with Gasteiger partial charge in [0.25, 0.3) is 17.3 Å². The number of ketones is 2. The van der Waals surface area contributed by atoms with E-state index in [0.29, 0.717) is 27.5 Å². The minimum Gasteiger partial charge on any atom is -0.478 e. The first-order chi connectivity index (χ1) is 34.0. The Kier molecular flexibility index (Phi) is 14.7. The number of carboxylic acid groups (broad SMARTS) is 1. The van der Waals surface area contributed by atoms with Crippen molar-refractivity contribution in [1.82, 2.24) is 5.32 Å². The molecule has 6 aromatic carbocycles. The van der Waals surface area contributed by atoms with Crippen LogP contribution in [0.4, 0.5) is 20.2 Å². The number of furan rings is 2. The second-order valence-corrected chi connectivity index (χ2v) is 16.1. The second-order valence-electron chi connectivity index (χ2n) is 16.1. The van der Waals surface area contributed by atoms with E-state index >= 15 is 0 Å². The minimum absolute atomic E-state index is 0.0269. The van der Waals surface area contributed by atoms with Gasteiger partial charge in [-0.15, -0.1) is 0 Å². The number of hydrogen-bond acceptors (Lipinski definition) is 13. The molecule has 0 bridgehead atoms. The average Bonchev–Trinajstić information content (AvgIpc) is 3.95. The van der Waals surface area contributed by atoms with Gasteiger partial charge < -0.3 is 34.6 Å². The summed E-state index contributed by atoms with van der Waals surface area (Å²) in [6, 6.07) is 27.7. The fourth-order valence-corrected chi connectivity index (χ4v) is 7.77. The lowest BCUT2D eigenvalue weighted by molar-refractivity contribution is -0.384. The fraction of sp³-hybridized carbons (Fsp3) is 0.154. The molecule has 5 N–H and O–H groups in total. The summed E-state index contributed by atoms with van der Waals surface area (Å²) < 4.78 is 38.7. The van der Waals surface area contributed by atoms with Crippen molar-refractivity contribution in [3.63, 3.8) is 0 Å². The molecule has 8 rings (SSSR count). The molecule has 2 aromatic heterocycles. The standard InChI is InChI=1S/C28H25FN2O8.C24H16FNO6/c1-2-23(35)25-21-11-20(17-4-3-5-18(10-17)27(36)30-28(13-32,14-33)15-34)22(31(37)38)12-24(21)39-26(25)16-6-8-19(29)9-7-16;1-2-20(27)22-18-11-17(14-4-3-5-15(10-14)24(28)29)19(26(30)31)12-21(18)32-23(22)13-6-8-16(25)9-7-13/h3-12,32-34H,2,13-15H2,1H3,(H,30,36);3-12H,2H2,1H3,(H,28,29). The normalized spacial score (nSPS) is 11.3. The van der Waals surface area contributed by atoms with Gasteiger partial charge in [0.05, 0.1) is 69.6 Å². The molecule has 8 aromatic rings. The molecule has 0 aliphatic rings. The molecule has 0 aliphatic heterocycles. The highest BCUT2D eigenvalue weighted by atomic mass is 19.1.